The zero-order chi connectivity index (χ0) is 24.4. The lowest BCUT2D eigenvalue weighted by Gasteiger charge is -2.23. The number of para-hydroxylation sites is 1. The van der Waals surface area contributed by atoms with E-state index in [0.29, 0.717) is 6.42 Å². The van der Waals surface area contributed by atoms with Crippen molar-refractivity contribution in [2.24, 2.45) is 5.73 Å². The van der Waals surface area contributed by atoms with E-state index < -0.39 is 32.3 Å². The Bertz CT molecular complexity index is 966. The Kier molecular flexibility index (Phi) is 9.86. The molecule has 2 aromatic rings. The second kappa shape index (κ2) is 12.4. The Labute approximate surface area is 191 Å². The number of amides is 1. The summed E-state index contributed by atoms with van der Waals surface area (Å²) in [6.45, 7) is 3.06. The van der Waals surface area contributed by atoms with Gasteiger partial charge in [0.25, 0.3) is 5.91 Å². The fourth-order valence-corrected chi connectivity index (χ4v) is 3.93. The Balaban J connectivity index is 2.01. The number of hydrogen-bond acceptors (Lipinski definition) is 9. The molecule has 0 radical (unpaired) electrons. The van der Waals surface area contributed by atoms with E-state index in [1.165, 1.54) is 18.0 Å². The van der Waals surface area contributed by atoms with Gasteiger partial charge in [0.05, 0.1) is 25.1 Å². The molecule has 0 bridgehead atoms. The molecule has 1 aromatic carbocycles. The number of hydrogen-bond donors (Lipinski definition) is 3. The lowest BCUT2D eigenvalue weighted by Crippen LogP contribution is -2.29. The third-order valence-electron chi connectivity index (χ3n) is 4.25. The molecule has 1 aromatic heterocycles. The van der Waals surface area contributed by atoms with E-state index in [2.05, 4.69) is 10.1 Å². The summed E-state index contributed by atoms with van der Waals surface area (Å²) >= 11 is 0. The molecule has 0 spiro atoms. The van der Waals surface area contributed by atoms with Crippen LogP contribution in [-0.4, -0.2) is 59.0 Å². The number of primary amides is 1. The third-order valence-corrected chi connectivity index (χ3v) is 5.74. The average Bonchev–Trinajstić information content (AvgIpc) is 3.13. The topological polar surface area (TPSA) is 164 Å². The highest BCUT2D eigenvalue weighted by molar-refractivity contribution is 7.52. The van der Waals surface area contributed by atoms with Crippen LogP contribution in [0.4, 0.5) is 0 Å². The lowest BCUT2D eigenvalue weighted by atomic mass is 10.2. The van der Waals surface area contributed by atoms with Crippen molar-refractivity contribution in [3.63, 3.8) is 0 Å². The first kappa shape index (κ1) is 26.3. The number of aromatic nitrogens is 2. The van der Waals surface area contributed by atoms with E-state index in [-0.39, 0.29) is 36.6 Å². The molecular formula is C20H29N4O8P. The fraction of sp³-hybridized carbons (Fsp3) is 0.450. The molecule has 4 N–H and O–H groups in total. The van der Waals surface area contributed by atoms with Crippen LogP contribution in [0.5, 0.6) is 11.6 Å². The molecule has 0 fully saturated rings. The van der Waals surface area contributed by atoms with Gasteiger partial charge in [0, 0.05) is 13.7 Å². The van der Waals surface area contributed by atoms with Gasteiger partial charge in [0.2, 0.25) is 5.88 Å². The van der Waals surface area contributed by atoms with Crippen LogP contribution in [0, 0.1) is 0 Å². The third kappa shape index (κ3) is 8.50. The number of imidazole rings is 1. The summed E-state index contributed by atoms with van der Waals surface area (Å²) in [7, 11) is -2.54. The van der Waals surface area contributed by atoms with Crippen LogP contribution in [0.15, 0.2) is 36.7 Å². The molecule has 2 unspecified atom stereocenters. The van der Waals surface area contributed by atoms with E-state index in [0.717, 1.165) is 0 Å². The molecule has 0 aliphatic heterocycles. The van der Waals surface area contributed by atoms with Gasteiger partial charge in [-0.3, -0.25) is 14.1 Å². The van der Waals surface area contributed by atoms with Crippen molar-refractivity contribution >= 4 is 19.6 Å². The molecular weight excluding hydrogens is 455 g/mol. The van der Waals surface area contributed by atoms with Crippen molar-refractivity contribution < 1.29 is 37.8 Å². The summed E-state index contributed by atoms with van der Waals surface area (Å²) < 4.78 is 36.0. The van der Waals surface area contributed by atoms with Gasteiger partial charge in [-0.15, -0.1) is 0 Å². The molecule has 2 rings (SSSR count). The number of methoxy groups -OCH3 is 1. The molecule has 0 aliphatic carbocycles. The van der Waals surface area contributed by atoms with E-state index in [9.17, 15) is 19.3 Å². The average molecular weight is 484 g/mol. The molecule has 0 saturated heterocycles. The zero-order valence-corrected chi connectivity index (χ0v) is 19.6. The SMILES string of the molecule is COC(CCn1cnc(C(N)=O)c1O)COP(=O)(NCC(=O)OC(C)C)Oc1ccccc1. The number of aryl methyl sites for hydroxylation is 1. The summed E-state index contributed by atoms with van der Waals surface area (Å²) in [6, 6.07) is 8.35. The maximum Gasteiger partial charge on any atom is 0.459 e. The summed E-state index contributed by atoms with van der Waals surface area (Å²) in [5.74, 6) is -1.54. The number of nitrogens with two attached hydrogens (primary N) is 1. The van der Waals surface area contributed by atoms with Gasteiger partial charge in [-0.2, -0.15) is 0 Å². The predicted molar refractivity (Wildman–Crippen MR) is 118 cm³/mol. The maximum absolute atomic E-state index is 13.3. The number of ether oxygens (including phenoxy) is 2. The number of aromatic hydroxyl groups is 1. The zero-order valence-electron chi connectivity index (χ0n) is 18.7. The van der Waals surface area contributed by atoms with Crippen LogP contribution in [0.2, 0.25) is 0 Å². The molecule has 1 heterocycles. The van der Waals surface area contributed by atoms with Gasteiger partial charge >= 0.3 is 13.7 Å². The maximum atomic E-state index is 13.3. The molecule has 182 valence electrons. The van der Waals surface area contributed by atoms with Gasteiger partial charge in [0.15, 0.2) is 5.69 Å². The Morgan fingerprint density at radius 3 is 2.55 bits per heavy atom. The summed E-state index contributed by atoms with van der Waals surface area (Å²) in [6.07, 6.45) is 0.677. The van der Waals surface area contributed by atoms with Gasteiger partial charge in [-0.05, 0) is 32.4 Å². The molecule has 33 heavy (non-hydrogen) atoms. The number of nitrogens with zero attached hydrogens (tertiary/aromatic N) is 2. The van der Waals surface area contributed by atoms with Crippen molar-refractivity contribution in [3.05, 3.63) is 42.4 Å². The van der Waals surface area contributed by atoms with Crippen LogP contribution in [0.1, 0.15) is 30.8 Å². The van der Waals surface area contributed by atoms with Gasteiger partial charge < -0.3 is 29.4 Å². The van der Waals surface area contributed by atoms with E-state index >= 15 is 0 Å². The van der Waals surface area contributed by atoms with E-state index in [1.54, 1.807) is 44.2 Å². The first-order valence-corrected chi connectivity index (χ1v) is 11.7. The Hall–Kier alpha value is -2.92. The summed E-state index contributed by atoms with van der Waals surface area (Å²) in [5.41, 5.74) is 4.90. The summed E-state index contributed by atoms with van der Waals surface area (Å²) in [4.78, 5) is 26.9. The van der Waals surface area contributed by atoms with Gasteiger partial charge in [0.1, 0.15) is 12.3 Å². The van der Waals surface area contributed by atoms with Crippen molar-refractivity contribution in [2.45, 2.75) is 39.0 Å². The second-order valence-corrected chi connectivity index (χ2v) is 8.94. The smallest absolute Gasteiger partial charge is 0.459 e. The predicted octanol–water partition coefficient (Wildman–Crippen LogP) is 1.84. The van der Waals surface area contributed by atoms with Crippen molar-refractivity contribution in [2.75, 3.05) is 20.3 Å². The van der Waals surface area contributed by atoms with Crippen LogP contribution >= 0.6 is 7.75 Å². The highest BCUT2D eigenvalue weighted by Gasteiger charge is 2.29. The normalized spacial score (nSPS) is 13.9. The molecule has 12 nitrogen and oxygen atoms in total. The van der Waals surface area contributed by atoms with Crippen LogP contribution in [-0.2, 0) is 29.9 Å². The van der Waals surface area contributed by atoms with Crippen LogP contribution in [0.3, 0.4) is 0 Å². The molecule has 13 heteroatoms. The Morgan fingerprint density at radius 2 is 1.97 bits per heavy atom. The minimum Gasteiger partial charge on any atom is -0.493 e. The molecule has 0 saturated carbocycles. The van der Waals surface area contributed by atoms with Gasteiger partial charge in [-0.25, -0.2) is 14.6 Å². The minimum atomic E-state index is -3.98. The number of carbonyl (C=O) groups is 2. The number of nitrogens with one attached hydrogen (secondary N) is 1. The van der Waals surface area contributed by atoms with Crippen molar-refractivity contribution in [1.82, 2.24) is 14.6 Å². The van der Waals surface area contributed by atoms with Crippen molar-refractivity contribution in [1.29, 1.82) is 0 Å². The van der Waals surface area contributed by atoms with Crippen molar-refractivity contribution in [3.8, 4) is 11.6 Å². The van der Waals surface area contributed by atoms with Crippen LogP contribution < -0.4 is 15.3 Å². The van der Waals surface area contributed by atoms with Crippen LogP contribution in [0.25, 0.3) is 0 Å². The first-order valence-electron chi connectivity index (χ1n) is 10.1. The summed E-state index contributed by atoms with van der Waals surface area (Å²) in [5, 5.41) is 12.5. The number of esters is 1. The molecule has 0 aliphatic rings. The Morgan fingerprint density at radius 1 is 1.27 bits per heavy atom. The largest absolute Gasteiger partial charge is 0.493 e. The number of benzene rings is 1. The quantitative estimate of drug-likeness (QED) is 0.266. The minimum absolute atomic E-state index is 0.162. The molecule has 2 atom stereocenters. The van der Waals surface area contributed by atoms with E-state index in [1.807, 2.05) is 0 Å². The monoisotopic (exact) mass is 484 g/mol. The first-order chi connectivity index (χ1) is 15.6. The fourth-order valence-electron chi connectivity index (χ4n) is 2.64. The lowest BCUT2D eigenvalue weighted by molar-refractivity contribution is -0.145. The standard InChI is InChI=1S/C20H29N4O8P/c1-14(2)31-17(25)11-23-33(28,32-15-7-5-4-6-8-15)30-12-16(29-3)9-10-24-13-22-18(19(21)26)20(24)27/h4-8,13-14,16,27H,9-12H2,1-3H3,(H2,21,26)(H,23,28). The van der Waals surface area contributed by atoms with E-state index in [4.69, 9.17) is 24.3 Å². The second-order valence-electron chi connectivity index (χ2n) is 7.19. The van der Waals surface area contributed by atoms with Gasteiger partial charge in [-0.1, -0.05) is 18.2 Å². The highest BCUT2D eigenvalue weighted by atomic mass is 31.2. The number of carbonyl (C=O) groups excluding carboxylic acids is 2. The number of rotatable bonds is 14. The molecule has 1 amide bonds. The highest BCUT2D eigenvalue weighted by Crippen LogP contribution is 2.44.